The second kappa shape index (κ2) is 7.46. The van der Waals surface area contributed by atoms with Crippen LogP contribution in [-0.4, -0.2) is 30.5 Å². The maximum absolute atomic E-state index is 11.5. The molecule has 0 aliphatic rings. The van der Waals surface area contributed by atoms with Gasteiger partial charge in [-0.1, -0.05) is 0 Å². The van der Waals surface area contributed by atoms with Gasteiger partial charge in [-0.2, -0.15) is 0 Å². The predicted octanol–water partition coefficient (Wildman–Crippen LogP) is 3.31. The molecule has 116 valence electrons. The summed E-state index contributed by atoms with van der Waals surface area (Å²) >= 11 is 0. The highest BCUT2D eigenvalue weighted by molar-refractivity contribution is 7.90. The molecule has 0 spiro atoms. The maximum atomic E-state index is 11.5. The van der Waals surface area contributed by atoms with Crippen LogP contribution in [0.4, 0.5) is 0 Å². The molecular formula is C12H19N3O4SSi. The van der Waals surface area contributed by atoms with E-state index in [9.17, 15) is 8.42 Å². The lowest BCUT2D eigenvalue weighted by Crippen LogP contribution is -2.28. The number of benzene rings is 1. The van der Waals surface area contributed by atoms with Gasteiger partial charge >= 0.3 is 0 Å². The van der Waals surface area contributed by atoms with Gasteiger partial charge in [0.1, 0.15) is 5.75 Å². The second-order valence-corrected chi connectivity index (χ2v) is 11.0. The molecule has 0 aliphatic heterocycles. The molecular weight excluding hydrogens is 310 g/mol. The van der Waals surface area contributed by atoms with Crippen LogP contribution >= 0.6 is 0 Å². The lowest BCUT2D eigenvalue weighted by Gasteiger charge is -2.19. The Morgan fingerprint density at radius 2 is 1.90 bits per heavy atom. The smallest absolute Gasteiger partial charge is 0.264 e. The highest BCUT2D eigenvalue weighted by Crippen LogP contribution is 2.19. The minimum Gasteiger partial charge on any atom is -0.494 e. The Labute approximate surface area is 125 Å². The van der Waals surface area contributed by atoms with E-state index in [1.54, 1.807) is 19.2 Å². The minimum absolute atomic E-state index is 0.0550. The average molecular weight is 329 g/mol. The molecule has 9 heteroatoms. The molecule has 0 aromatic heterocycles. The topological polar surface area (TPSA) is 101 Å². The third-order valence-electron chi connectivity index (χ3n) is 3.01. The molecule has 0 fully saturated rings. The monoisotopic (exact) mass is 329 g/mol. The molecule has 0 aliphatic carbocycles. The number of hydrogen-bond donors (Lipinski definition) is 0. The Hall–Kier alpha value is -1.54. The van der Waals surface area contributed by atoms with Crippen molar-refractivity contribution in [3.63, 3.8) is 0 Å². The number of hydrogen-bond acceptors (Lipinski definition) is 4. The van der Waals surface area contributed by atoms with E-state index >= 15 is 0 Å². The summed E-state index contributed by atoms with van der Waals surface area (Å²) in [6.07, 6.45) is 0.881. The first-order valence-corrected chi connectivity index (χ1v) is 11.0. The fraction of sp³-hybridized carbons (Fsp3) is 0.500. The van der Waals surface area contributed by atoms with Crippen LogP contribution in [0.15, 0.2) is 33.7 Å². The Morgan fingerprint density at radius 3 is 2.43 bits per heavy atom. The van der Waals surface area contributed by atoms with E-state index in [2.05, 4.69) is 22.5 Å². The molecule has 7 nitrogen and oxygen atoms in total. The first-order chi connectivity index (χ1) is 9.80. The quantitative estimate of drug-likeness (QED) is 0.240. The SMILES string of the molecule is CO[Si](C)(C)CCCOc1ccc(S(=O)(=O)N=[N+]=[N-])cc1. The van der Waals surface area contributed by atoms with Gasteiger partial charge in [-0.25, -0.2) is 8.42 Å². The van der Waals surface area contributed by atoms with E-state index in [-0.39, 0.29) is 4.90 Å². The summed E-state index contributed by atoms with van der Waals surface area (Å²) in [7, 11) is -3.77. The molecule has 1 rings (SSSR count). The summed E-state index contributed by atoms with van der Waals surface area (Å²) in [5.41, 5.74) is 8.19. The van der Waals surface area contributed by atoms with Gasteiger partial charge in [-0.3, -0.25) is 0 Å². The van der Waals surface area contributed by atoms with Gasteiger partial charge in [0.15, 0.2) is 8.32 Å². The van der Waals surface area contributed by atoms with Crippen LogP contribution in [0.1, 0.15) is 6.42 Å². The second-order valence-electron chi connectivity index (χ2n) is 5.03. The predicted molar refractivity (Wildman–Crippen MR) is 82.2 cm³/mol. The van der Waals surface area contributed by atoms with E-state index in [1.807, 2.05) is 0 Å². The first kappa shape index (κ1) is 17.5. The van der Waals surface area contributed by atoms with Crippen molar-refractivity contribution in [3.8, 4) is 5.75 Å². The first-order valence-electron chi connectivity index (χ1n) is 6.40. The van der Waals surface area contributed by atoms with E-state index in [4.69, 9.17) is 14.7 Å². The van der Waals surface area contributed by atoms with Gasteiger partial charge in [0.05, 0.1) is 11.5 Å². The summed E-state index contributed by atoms with van der Waals surface area (Å²) in [6.45, 7) is 4.83. The third kappa shape index (κ3) is 5.76. The highest BCUT2D eigenvalue weighted by Gasteiger charge is 2.19. The van der Waals surface area contributed by atoms with Crippen molar-refractivity contribution in [2.45, 2.75) is 30.5 Å². The Balaban J connectivity index is 2.55. The molecule has 0 radical (unpaired) electrons. The number of nitrogens with zero attached hydrogens (tertiary/aromatic N) is 3. The summed E-state index contributed by atoms with van der Waals surface area (Å²) < 4.78 is 36.7. The van der Waals surface area contributed by atoms with Crippen LogP contribution in [0, 0.1) is 0 Å². The minimum atomic E-state index is -3.93. The number of rotatable bonds is 8. The molecule has 1 aromatic carbocycles. The van der Waals surface area contributed by atoms with Gasteiger partial charge in [-0.05, 0) is 55.4 Å². The lowest BCUT2D eigenvalue weighted by atomic mass is 10.3. The molecule has 0 N–H and O–H groups in total. The molecule has 1 aromatic rings. The third-order valence-corrected chi connectivity index (χ3v) is 6.83. The van der Waals surface area contributed by atoms with Crippen molar-refractivity contribution >= 4 is 18.3 Å². The molecule has 0 bridgehead atoms. The van der Waals surface area contributed by atoms with Gasteiger partial charge in [0, 0.05) is 16.5 Å². The standard InChI is InChI=1S/C12H19N3O4SSi/c1-18-21(2,3)10-4-9-19-11-5-7-12(8-6-11)20(16,17)15-14-13/h5-8H,4,9-10H2,1-3H3. The van der Waals surface area contributed by atoms with Crippen molar-refractivity contribution < 1.29 is 17.6 Å². The van der Waals surface area contributed by atoms with Crippen LogP contribution in [0.3, 0.4) is 0 Å². The lowest BCUT2D eigenvalue weighted by molar-refractivity contribution is 0.311. The van der Waals surface area contributed by atoms with Crippen LogP contribution in [0.5, 0.6) is 5.75 Å². The number of azide groups is 1. The van der Waals surface area contributed by atoms with Gasteiger partial charge < -0.3 is 9.16 Å². The molecule has 0 heterocycles. The summed E-state index contributed by atoms with van der Waals surface area (Å²) in [5.74, 6) is 0.576. The van der Waals surface area contributed by atoms with Gasteiger partial charge in [0.25, 0.3) is 10.0 Å². The van der Waals surface area contributed by atoms with Crippen molar-refractivity contribution in [2.75, 3.05) is 13.7 Å². The molecule has 21 heavy (non-hydrogen) atoms. The zero-order valence-electron chi connectivity index (χ0n) is 12.3. The number of ether oxygens (including phenoxy) is 1. The zero-order valence-corrected chi connectivity index (χ0v) is 14.1. The zero-order chi connectivity index (χ0) is 15.9. The van der Waals surface area contributed by atoms with Crippen LogP contribution in [0.25, 0.3) is 10.4 Å². The fourth-order valence-electron chi connectivity index (χ4n) is 1.59. The summed E-state index contributed by atoms with van der Waals surface area (Å²) in [4.78, 5) is 2.24. The largest absolute Gasteiger partial charge is 0.494 e. The molecule has 0 atom stereocenters. The van der Waals surface area contributed by atoms with E-state index < -0.39 is 18.3 Å². The highest BCUT2D eigenvalue weighted by atomic mass is 32.2. The van der Waals surface area contributed by atoms with E-state index in [0.717, 1.165) is 12.5 Å². The van der Waals surface area contributed by atoms with Crippen molar-refractivity contribution in [1.82, 2.24) is 0 Å². The van der Waals surface area contributed by atoms with Crippen molar-refractivity contribution in [3.05, 3.63) is 34.7 Å². The Morgan fingerprint density at radius 1 is 1.29 bits per heavy atom. The van der Waals surface area contributed by atoms with Crippen molar-refractivity contribution in [1.29, 1.82) is 0 Å². The number of sulfonamides is 1. The maximum Gasteiger partial charge on any atom is 0.264 e. The molecule has 0 saturated carbocycles. The Bertz CT molecular complexity index is 610. The van der Waals surface area contributed by atoms with Crippen LogP contribution in [0.2, 0.25) is 19.1 Å². The molecule has 0 amide bonds. The van der Waals surface area contributed by atoms with Crippen molar-refractivity contribution in [2.24, 2.45) is 4.52 Å². The molecule has 0 unspecified atom stereocenters. The average Bonchev–Trinajstić information content (AvgIpc) is 2.44. The van der Waals surface area contributed by atoms with E-state index in [0.29, 0.717) is 12.4 Å². The van der Waals surface area contributed by atoms with Gasteiger partial charge in [-0.15, -0.1) is 0 Å². The van der Waals surface area contributed by atoms with E-state index in [1.165, 1.54) is 12.1 Å². The summed E-state index contributed by atoms with van der Waals surface area (Å²) in [5, 5.41) is 0. The van der Waals surface area contributed by atoms with Crippen LogP contribution < -0.4 is 4.74 Å². The Kier molecular flexibility index (Phi) is 6.22. The fourth-order valence-corrected chi connectivity index (χ4v) is 3.46. The van der Waals surface area contributed by atoms with Crippen LogP contribution in [-0.2, 0) is 14.4 Å². The normalized spacial score (nSPS) is 11.8. The van der Waals surface area contributed by atoms with Gasteiger partial charge in [0.2, 0.25) is 0 Å². The molecule has 0 saturated heterocycles. The summed E-state index contributed by atoms with van der Waals surface area (Å²) in [6, 6.07) is 6.78.